The first-order chi connectivity index (χ1) is 11.9. The van der Waals surface area contributed by atoms with E-state index in [1.54, 1.807) is 18.2 Å². The molecule has 25 heavy (non-hydrogen) atoms. The Kier molecular flexibility index (Phi) is 6.38. The molecule has 0 spiro atoms. The highest BCUT2D eigenvalue weighted by atomic mass is 16.2. The molecule has 0 aromatic heterocycles. The van der Waals surface area contributed by atoms with Crippen molar-refractivity contribution in [1.82, 2.24) is 10.2 Å². The van der Waals surface area contributed by atoms with E-state index in [1.165, 1.54) is 6.42 Å². The topological polar surface area (TPSA) is 105 Å². The Morgan fingerprint density at radius 1 is 1.28 bits per heavy atom. The Hall–Kier alpha value is -2.57. The van der Waals surface area contributed by atoms with Crippen LogP contribution in [-0.4, -0.2) is 41.9 Å². The molecule has 1 aliphatic rings. The van der Waals surface area contributed by atoms with Crippen molar-refractivity contribution >= 4 is 23.5 Å². The Morgan fingerprint density at radius 3 is 2.68 bits per heavy atom. The minimum Gasteiger partial charge on any atom is -0.352 e. The Bertz CT molecular complexity index is 660. The second-order valence-electron chi connectivity index (χ2n) is 6.46. The molecule has 0 radical (unpaired) electrons. The van der Waals surface area contributed by atoms with E-state index in [4.69, 9.17) is 5.73 Å². The molecule has 1 atom stereocenters. The van der Waals surface area contributed by atoms with E-state index in [0.29, 0.717) is 11.3 Å². The lowest BCUT2D eigenvalue weighted by Gasteiger charge is -2.33. The van der Waals surface area contributed by atoms with Gasteiger partial charge in [-0.3, -0.25) is 9.59 Å². The quantitative estimate of drug-likeness (QED) is 0.759. The third-order valence-electron chi connectivity index (χ3n) is 4.46. The number of aryl methyl sites for hydroxylation is 1. The van der Waals surface area contributed by atoms with E-state index in [9.17, 15) is 14.4 Å². The normalized spacial score (nSPS) is 17.0. The average molecular weight is 346 g/mol. The molecule has 136 valence electrons. The number of hydrogen-bond donors (Lipinski definition) is 3. The van der Waals surface area contributed by atoms with Gasteiger partial charge in [0.1, 0.15) is 0 Å². The van der Waals surface area contributed by atoms with Gasteiger partial charge in [0.05, 0.1) is 0 Å². The average Bonchev–Trinajstić information content (AvgIpc) is 2.56. The van der Waals surface area contributed by atoms with Gasteiger partial charge in [-0.1, -0.05) is 0 Å². The van der Waals surface area contributed by atoms with Crippen LogP contribution in [0.4, 0.5) is 10.5 Å². The number of benzene rings is 1. The van der Waals surface area contributed by atoms with Crippen LogP contribution in [-0.2, 0) is 4.79 Å². The zero-order valence-corrected chi connectivity index (χ0v) is 14.8. The van der Waals surface area contributed by atoms with Crippen LogP contribution in [0, 0.1) is 6.92 Å². The van der Waals surface area contributed by atoms with Gasteiger partial charge < -0.3 is 21.3 Å². The first-order valence-corrected chi connectivity index (χ1v) is 8.63. The standard InChI is InChI=1S/C18H26N4O3/c1-12-11-14(17(24)22-10-4-3-5-13(22)2)6-7-15(12)21-16(23)8-9-20-18(19)25/h6-7,11,13H,3-5,8-10H2,1-2H3,(H,21,23)(H3,19,20,25)/t13-/m0/s1. The number of nitrogens with one attached hydrogen (secondary N) is 2. The third-order valence-corrected chi connectivity index (χ3v) is 4.46. The zero-order chi connectivity index (χ0) is 18.4. The molecule has 7 heteroatoms. The first kappa shape index (κ1) is 18.8. The molecular weight excluding hydrogens is 320 g/mol. The molecule has 1 fully saturated rings. The van der Waals surface area contributed by atoms with Crippen molar-refractivity contribution in [2.24, 2.45) is 5.73 Å². The maximum atomic E-state index is 12.7. The summed E-state index contributed by atoms with van der Waals surface area (Å²) in [5.74, 6) is -0.181. The molecule has 1 aliphatic heterocycles. The number of nitrogens with zero attached hydrogens (tertiary/aromatic N) is 1. The number of carbonyl (C=O) groups excluding carboxylic acids is 3. The van der Waals surface area contributed by atoms with Crippen LogP contribution in [0.5, 0.6) is 0 Å². The Balaban J connectivity index is 1.98. The van der Waals surface area contributed by atoms with Crippen molar-refractivity contribution < 1.29 is 14.4 Å². The van der Waals surface area contributed by atoms with Gasteiger partial charge in [0, 0.05) is 36.8 Å². The van der Waals surface area contributed by atoms with Gasteiger partial charge in [-0.2, -0.15) is 0 Å². The number of rotatable bonds is 5. The number of anilines is 1. The number of likely N-dealkylation sites (tertiary alicyclic amines) is 1. The van der Waals surface area contributed by atoms with Crippen molar-refractivity contribution in [3.05, 3.63) is 29.3 Å². The van der Waals surface area contributed by atoms with Crippen molar-refractivity contribution in [2.45, 2.75) is 45.6 Å². The van der Waals surface area contributed by atoms with E-state index in [0.717, 1.165) is 24.9 Å². The van der Waals surface area contributed by atoms with Gasteiger partial charge in [0.15, 0.2) is 0 Å². The highest BCUT2D eigenvalue weighted by molar-refractivity contribution is 5.96. The molecule has 1 aromatic carbocycles. The van der Waals surface area contributed by atoms with Gasteiger partial charge in [-0.15, -0.1) is 0 Å². The van der Waals surface area contributed by atoms with Crippen LogP contribution in [0.1, 0.15) is 48.5 Å². The van der Waals surface area contributed by atoms with E-state index < -0.39 is 6.03 Å². The summed E-state index contributed by atoms with van der Waals surface area (Å²) >= 11 is 0. The second kappa shape index (κ2) is 8.50. The van der Waals surface area contributed by atoms with Crippen LogP contribution in [0.15, 0.2) is 18.2 Å². The van der Waals surface area contributed by atoms with Gasteiger partial charge in [0.25, 0.3) is 5.91 Å². The first-order valence-electron chi connectivity index (χ1n) is 8.63. The lowest BCUT2D eigenvalue weighted by molar-refractivity contribution is -0.116. The predicted molar refractivity (Wildman–Crippen MR) is 96.4 cm³/mol. The number of urea groups is 1. The van der Waals surface area contributed by atoms with Gasteiger partial charge in [-0.05, 0) is 56.9 Å². The minimum absolute atomic E-state index is 0.0406. The van der Waals surface area contributed by atoms with Crippen LogP contribution in [0.2, 0.25) is 0 Å². The number of primary amides is 1. The molecular formula is C18H26N4O3. The van der Waals surface area contributed by atoms with Crippen molar-refractivity contribution in [3.8, 4) is 0 Å². The molecule has 2 rings (SSSR count). The predicted octanol–water partition coefficient (Wildman–Crippen LogP) is 2.01. The van der Waals surface area contributed by atoms with Crippen molar-refractivity contribution in [2.75, 3.05) is 18.4 Å². The number of piperidine rings is 1. The summed E-state index contributed by atoms with van der Waals surface area (Å²) < 4.78 is 0. The molecule has 1 aromatic rings. The highest BCUT2D eigenvalue weighted by Gasteiger charge is 2.24. The Morgan fingerprint density at radius 2 is 2.04 bits per heavy atom. The minimum atomic E-state index is -0.654. The van der Waals surface area contributed by atoms with E-state index in [-0.39, 0.29) is 30.8 Å². The molecule has 0 unspecified atom stereocenters. The van der Waals surface area contributed by atoms with Crippen LogP contribution < -0.4 is 16.4 Å². The van der Waals surface area contributed by atoms with E-state index in [2.05, 4.69) is 17.6 Å². The maximum absolute atomic E-state index is 12.7. The lowest BCUT2D eigenvalue weighted by Crippen LogP contribution is -2.42. The lowest BCUT2D eigenvalue weighted by atomic mass is 10.0. The molecule has 0 aliphatic carbocycles. The second-order valence-corrected chi connectivity index (χ2v) is 6.46. The molecule has 0 bridgehead atoms. The highest BCUT2D eigenvalue weighted by Crippen LogP contribution is 2.22. The molecule has 4 amide bonds. The summed E-state index contributed by atoms with van der Waals surface area (Å²) in [7, 11) is 0. The molecule has 0 saturated carbocycles. The fourth-order valence-corrected chi connectivity index (χ4v) is 3.01. The fraction of sp³-hybridized carbons (Fsp3) is 0.500. The number of carbonyl (C=O) groups is 3. The number of amides is 4. The van der Waals surface area contributed by atoms with Crippen LogP contribution >= 0.6 is 0 Å². The van der Waals surface area contributed by atoms with Crippen molar-refractivity contribution in [1.29, 1.82) is 0 Å². The maximum Gasteiger partial charge on any atom is 0.312 e. The zero-order valence-electron chi connectivity index (χ0n) is 14.8. The van der Waals surface area contributed by atoms with Crippen molar-refractivity contribution in [3.63, 3.8) is 0 Å². The van der Waals surface area contributed by atoms with Crippen LogP contribution in [0.3, 0.4) is 0 Å². The molecule has 4 N–H and O–H groups in total. The molecule has 1 heterocycles. The Labute approximate surface area is 147 Å². The summed E-state index contributed by atoms with van der Waals surface area (Å²) in [6, 6.07) is 4.91. The summed E-state index contributed by atoms with van der Waals surface area (Å²) in [6.45, 7) is 4.92. The number of hydrogen-bond acceptors (Lipinski definition) is 3. The fourth-order valence-electron chi connectivity index (χ4n) is 3.01. The summed E-state index contributed by atoms with van der Waals surface area (Å²) in [5.41, 5.74) is 7.08. The van der Waals surface area contributed by atoms with E-state index >= 15 is 0 Å². The summed E-state index contributed by atoms with van der Waals surface area (Å²) in [6.07, 6.45) is 3.38. The van der Waals surface area contributed by atoms with Gasteiger partial charge >= 0.3 is 6.03 Å². The summed E-state index contributed by atoms with van der Waals surface area (Å²) in [4.78, 5) is 37.1. The van der Waals surface area contributed by atoms with Gasteiger partial charge in [0.2, 0.25) is 5.91 Å². The smallest absolute Gasteiger partial charge is 0.312 e. The monoisotopic (exact) mass is 346 g/mol. The molecule has 1 saturated heterocycles. The SMILES string of the molecule is Cc1cc(C(=O)N2CCCC[C@@H]2C)ccc1NC(=O)CCNC(N)=O. The van der Waals surface area contributed by atoms with Crippen LogP contribution in [0.25, 0.3) is 0 Å². The molecule has 7 nitrogen and oxygen atoms in total. The largest absolute Gasteiger partial charge is 0.352 e. The number of nitrogens with two attached hydrogens (primary N) is 1. The third kappa shape index (κ3) is 5.20. The van der Waals surface area contributed by atoms with Gasteiger partial charge in [-0.25, -0.2) is 4.79 Å². The van der Waals surface area contributed by atoms with E-state index in [1.807, 2.05) is 11.8 Å². The summed E-state index contributed by atoms with van der Waals surface area (Å²) in [5, 5.41) is 5.15.